The van der Waals surface area contributed by atoms with Gasteiger partial charge in [0.2, 0.25) is 0 Å². The summed E-state index contributed by atoms with van der Waals surface area (Å²) in [5.74, 6) is 0.130. The van der Waals surface area contributed by atoms with Gasteiger partial charge in [-0.15, -0.1) is 0 Å². The first-order chi connectivity index (χ1) is 12.2. The molecule has 0 spiro atoms. The molecule has 0 amide bonds. The van der Waals surface area contributed by atoms with Crippen LogP contribution in [0, 0.1) is 0 Å². The molecule has 1 aliphatic rings. The van der Waals surface area contributed by atoms with E-state index in [1.807, 2.05) is 42.5 Å². The Labute approximate surface area is 148 Å². The van der Waals surface area contributed by atoms with Crippen molar-refractivity contribution >= 4 is 11.7 Å². The Balaban J connectivity index is 1.55. The highest BCUT2D eigenvalue weighted by atomic mass is 16.5. The van der Waals surface area contributed by atoms with Gasteiger partial charge in [-0.05, 0) is 23.3 Å². The van der Waals surface area contributed by atoms with Gasteiger partial charge in [0, 0.05) is 32.7 Å². The van der Waals surface area contributed by atoms with E-state index in [1.54, 1.807) is 7.11 Å². The molecule has 5 nitrogen and oxygen atoms in total. The van der Waals surface area contributed by atoms with E-state index in [2.05, 4.69) is 15.9 Å². The summed E-state index contributed by atoms with van der Waals surface area (Å²) in [5.41, 5.74) is 3.22. The molecule has 3 rings (SSSR count). The van der Waals surface area contributed by atoms with E-state index in [0.717, 1.165) is 49.7 Å². The van der Waals surface area contributed by atoms with Crippen LogP contribution in [0.5, 0.6) is 5.75 Å². The van der Waals surface area contributed by atoms with Crippen LogP contribution in [0.1, 0.15) is 11.1 Å². The summed E-state index contributed by atoms with van der Waals surface area (Å²) in [7, 11) is 1.71. The molecule has 25 heavy (non-hydrogen) atoms. The molecular weight excluding hydrogens is 316 g/mol. The Morgan fingerprint density at radius 1 is 1.00 bits per heavy atom. The number of anilines is 1. The molecule has 2 aromatic rings. The molecule has 0 atom stereocenters. The number of methoxy groups -OCH3 is 1. The first-order valence-corrected chi connectivity index (χ1v) is 8.55. The standard InChI is InChI=1S/C20H24N2O3/c1-25-19-5-3-2-4-18(19)22-12-10-21(11-13-22)15-17-8-6-16(7-9-17)14-20(23)24/h2-9H,10-15H2,1H3,(H,23,24). The van der Waals surface area contributed by atoms with Crippen LogP contribution in [0.4, 0.5) is 5.69 Å². The smallest absolute Gasteiger partial charge is 0.307 e. The van der Waals surface area contributed by atoms with E-state index in [-0.39, 0.29) is 6.42 Å². The highest BCUT2D eigenvalue weighted by Gasteiger charge is 2.19. The van der Waals surface area contributed by atoms with E-state index in [9.17, 15) is 4.79 Å². The number of benzene rings is 2. The maximum Gasteiger partial charge on any atom is 0.307 e. The number of para-hydroxylation sites is 2. The fraction of sp³-hybridized carbons (Fsp3) is 0.350. The van der Waals surface area contributed by atoms with Crippen LogP contribution in [-0.4, -0.2) is 49.3 Å². The number of ether oxygens (including phenoxy) is 1. The molecule has 1 heterocycles. The van der Waals surface area contributed by atoms with Gasteiger partial charge in [-0.3, -0.25) is 9.69 Å². The van der Waals surface area contributed by atoms with Crippen molar-refractivity contribution in [3.8, 4) is 5.75 Å². The maximum absolute atomic E-state index is 10.7. The molecule has 5 heteroatoms. The number of aliphatic carboxylic acids is 1. The van der Waals surface area contributed by atoms with Gasteiger partial charge in [-0.2, -0.15) is 0 Å². The minimum Gasteiger partial charge on any atom is -0.495 e. The molecule has 0 saturated carbocycles. The minimum absolute atomic E-state index is 0.0812. The summed E-state index contributed by atoms with van der Waals surface area (Å²) in [6.45, 7) is 4.83. The maximum atomic E-state index is 10.7. The SMILES string of the molecule is COc1ccccc1N1CCN(Cc2ccc(CC(=O)O)cc2)CC1. The van der Waals surface area contributed by atoms with Crippen LogP contribution in [-0.2, 0) is 17.8 Å². The molecule has 0 aromatic heterocycles. The third kappa shape index (κ3) is 4.51. The Hall–Kier alpha value is -2.53. The molecule has 1 fully saturated rings. The van der Waals surface area contributed by atoms with E-state index in [1.165, 1.54) is 5.56 Å². The number of piperazine rings is 1. The minimum atomic E-state index is -0.791. The van der Waals surface area contributed by atoms with Crippen molar-refractivity contribution in [1.82, 2.24) is 4.90 Å². The summed E-state index contributed by atoms with van der Waals surface area (Å²) >= 11 is 0. The Morgan fingerprint density at radius 2 is 1.64 bits per heavy atom. The molecule has 0 bridgehead atoms. The lowest BCUT2D eigenvalue weighted by Gasteiger charge is -2.36. The largest absolute Gasteiger partial charge is 0.495 e. The second kappa shape index (κ2) is 8.03. The Kier molecular flexibility index (Phi) is 5.56. The van der Waals surface area contributed by atoms with Crippen LogP contribution < -0.4 is 9.64 Å². The van der Waals surface area contributed by atoms with Crippen LogP contribution in [0.25, 0.3) is 0 Å². The number of carbonyl (C=O) groups is 1. The first-order valence-electron chi connectivity index (χ1n) is 8.55. The van der Waals surface area contributed by atoms with Gasteiger partial charge in [-0.25, -0.2) is 0 Å². The molecule has 0 aliphatic carbocycles. The second-order valence-electron chi connectivity index (χ2n) is 6.32. The molecule has 1 saturated heterocycles. The number of carboxylic acid groups (broad SMARTS) is 1. The van der Waals surface area contributed by atoms with E-state index in [4.69, 9.17) is 9.84 Å². The molecule has 1 N–H and O–H groups in total. The zero-order valence-electron chi connectivity index (χ0n) is 14.5. The van der Waals surface area contributed by atoms with Gasteiger partial charge in [-0.1, -0.05) is 36.4 Å². The van der Waals surface area contributed by atoms with Crippen LogP contribution in [0.3, 0.4) is 0 Å². The zero-order valence-corrected chi connectivity index (χ0v) is 14.5. The summed E-state index contributed by atoms with van der Waals surface area (Å²) in [4.78, 5) is 15.5. The monoisotopic (exact) mass is 340 g/mol. The summed E-state index contributed by atoms with van der Waals surface area (Å²) < 4.78 is 5.46. The fourth-order valence-corrected chi connectivity index (χ4v) is 3.23. The summed E-state index contributed by atoms with van der Waals surface area (Å²) in [6.07, 6.45) is 0.0812. The number of hydrogen-bond donors (Lipinski definition) is 1. The summed E-state index contributed by atoms with van der Waals surface area (Å²) in [6, 6.07) is 16.0. The molecule has 0 radical (unpaired) electrons. The van der Waals surface area contributed by atoms with Crippen molar-refractivity contribution in [2.24, 2.45) is 0 Å². The van der Waals surface area contributed by atoms with Crippen molar-refractivity contribution in [3.63, 3.8) is 0 Å². The van der Waals surface area contributed by atoms with Gasteiger partial charge in [0.15, 0.2) is 0 Å². The third-order valence-electron chi connectivity index (χ3n) is 4.58. The zero-order chi connectivity index (χ0) is 17.6. The lowest BCUT2D eigenvalue weighted by atomic mass is 10.1. The Morgan fingerprint density at radius 3 is 2.28 bits per heavy atom. The second-order valence-corrected chi connectivity index (χ2v) is 6.32. The topological polar surface area (TPSA) is 53.0 Å². The average Bonchev–Trinajstić information content (AvgIpc) is 2.63. The third-order valence-corrected chi connectivity index (χ3v) is 4.58. The quantitative estimate of drug-likeness (QED) is 0.876. The van der Waals surface area contributed by atoms with Crippen molar-refractivity contribution in [3.05, 3.63) is 59.7 Å². The number of carboxylic acids is 1. The van der Waals surface area contributed by atoms with Crippen LogP contribution >= 0.6 is 0 Å². The van der Waals surface area contributed by atoms with E-state index in [0.29, 0.717) is 0 Å². The van der Waals surface area contributed by atoms with Gasteiger partial charge in [0.1, 0.15) is 5.75 Å². The molecule has 2 aromatic carbocycles. The lowest BCUT2D eigenvalue weighted by molar-refractivity contribution is -0.136. The Bertz CT molecular complexity index is 707. The predicted octanol–water partition coefficient (Wildman–Crippen LogP) is 2.64. The van der Waals surface area contributed by atoms with Gasteiger partial charge in [0.25, 0.3) is 0 Å². The van der Waals surface area contributed by atoms with Crippen LogP contribution in [0.2, 0.25) is 0 Å². The van der Waals surface area contributed by atoms with Crippen molar-refractivity contribution in [2.75, 3.05) is 38.2 Å². The van der Waals surface area contributed by atoms with Crippen molar-refractivity contribution < 1.29 is 14.6 Å². The number of rotatable bonds is 6. The van der Waals surface area contributed by atoms with Gasteiger partial charge < -0.3 is 14.7 Å². The summed E-state index contributed by atoms with van der Waals surface area (Å²) in [5, 5.41) is 8.83. The molecule has 132 valence electrons. The molecule has 0 unspecified atom stereocenters. The lowest BCUT2D eigenvalue weighted by Crippen LogP contribution is -2.46. The van der Waals surface area contributed by atoms with Crippen molar-refractivity contribution in [1.29, 1.82) is 0 Å². The first kappa shape index (κ1) is 17.3. The molecule has 1 aliphatic heterocycles. The normalized spacial score (nSPS) is 15.2. The van der Waals surface area contributed by atoms with E-state index < -0.39 is 5.97 Å². The highest BCUT2D eigenvalue weighted by molar-refractivity contribution is 5.70. The highest BCUT2D eigenvalue weighted by Crippen LogP contribution is 2.28. The van der Waals surface area contributed by atoms with E-state index >= 15 is 0 Å². The predicted molar refractivity (Wildman–Crippen MR) is 98.3 cm³/mol. The fourth-order valence-electron chi connectivity index (χ4n) is 3.23. The van der Waals surface area contributed by atoms with Gasteiger partial charge in [0.05, 0.1) is 19.2 Å². The van der Waals surface area contributed by atoms with Crippen LogP contribution in [0.15, 0.2) is 48.5 Å². The van der Waals surface area contributed by atoms with Gasteiger partial charge >= 0.3 is 5.97 Å². The number of nitrogens with zero attached hydrogens (tertiary/aromatic N) is 2. The molecular formula is C20H24N2O3. The van der Waals surface area contributed by atoms with Crippen molar-refractivity contribution in [2.45, 2.75) is 13.0 Å². The number of hydrogen-bond acceptors (Lipinski definition) is 4. The average molecular weight is 340 g/mol.